The largest absolute Gasteiger partial charge is 0.481 e. The van der Waals surface area contributed by atoms with Crippen LogP contribution in [-0.2, 0) is 11.2 Å². The van der Waals surface area contributed by atoms with Gasteiger partial charge in [-0.1, -0.05) is 36.7 Å². The van der Waals surface area contributed by atoms with Crippen molar-refractivity contribution in [3.8, 4) is 5.75 Å². The van der Waals surface area contributed by atoms with Crippen LogP contribution in [0.15, 0.2) is 30.3 Å². The lowest BCUT2D eigenvalue weighted by Crippen LogP contribution is -2.30. The van der Waals surface area contributed by atoms with Gasteiger partial charge in [0.05, 0.1) is 0 Å². The van der Waals surface area contributed by atoms with Crippen molar-refractivity contribution in [2.75, 3.05) is 5.32 Å². The molecule has 0 radical (unpaired) electrons. The minimum absolute atomic E-state index is 0.163. The standard InChI is InChI=1S/C20H24ClNO2/c1-6-16-9-7-8-12(2)19(16)22-20(23)15(5)24-17-10-13(3)18(21)14(4)11-17/h7-11,15H,6H2,1-5H3,(H,22,23)/t15-/m1/s1. The fraction of sp³-hybridized carbons (Fsp3) is 0.350. The molecule has 0 saturated heterocycles. The number of carbonyl (C=O) groups is 1. The molecule has 0 unspecified atom stereocenters. The highest BCUT2D eigenvalue weighted by molar-refractivity contribution is 6.32. The maximum Gasteiger partial charge on any atom is 0.265 e. The second-order valence-corrected chi connectivity index (χ2v) is 6.46. The number of hydrogen-bond donors (Lipinski definition) is 1. The van der Waals surface area contributed by atoms with E-state index in [0.717, 1.165) is 39.4 Å². The molecule has 24 heavy (non-hydrogen) atoms. The Labute approximate surface area is 149 Å². The number of nitrogens with one attached hydrogen (secondary N) is 1. The van der Waals surface area contributed by atoms with Crippen molar-refractivity contribution in [2.24, 2.45) is 0 Å². The van der Waals surface area contributed by atoms with Gasteiger partial charge < -0.3 is 10.1 Å². The van der Waals surface area contributed by atoms with Gasteiger partial charge in [0.2, 0.25) is 0 Å². The van der Waals surface area contributed by atoms with Crippen LogP contribution < -0.4 is 10.1 Å². The number of halogens is 1. The van der Waals surface area contributed by atoms with E-state index in [2.05, 4.69) is 12.2 Å². The van der Waals surface area contributed by atoms with E-state index in [1.807, 2.05) is 51.1 Å². The number of rotatable bonds is 5. The van der Waals surface area contributed by atoms with E-state index >= 15 is 0 Å². The minimum Gasteiger partial charge on any atom is -0.481 e. The van der Waals surface area contributed by atoms with Crippen molar-refractivity contribution < 1.29 is 9.53 Å². The van der Waals surface area contributed by atoms with Gasteiger partial charge in [-0.05, 0) is 68.5 Å². The smallest absolute Gasteiger partial charge is 0.265 e. The molecule has 3 nitrogen and oxygen atoms in total. The second-order valence-electron chi connectivity index (χ2n) is 6.08. The first-order valence-electron chi connectivity index (χ1n) is 8.16. The summed E-state index contributed by atoms with van der Waals surface area (Å²) >= 11 is 6.17. The van der Waals surface area contributed by atoms with Crippen LogP contribution in [0.3, 0.4) is 0 Å². The first-order chi connectivity index (χ1) is 11.3. The summed E-state index contributed by atoms with van der Waals surface area (Å²) in [7, 11) is 0. The molecule has 128 valence electrons. The van der Waals surface area contributed by atoms with Crippen LogP contribution in [0.4, 0.5) is 5.69 Å². The van der Waals surface area contributed by atoms with Crippen molar-refractivity contribution in [3.05, 3.63) is 57.6 Å². The molecule has 2 aromatic rings. The van der Waals surface area contributed by atoms with E-state index in [1.54, 1.807) is 6.92 Å². The van der Waals surface area contributed by atoms with Crippen LogP contribution >= 0.6 is 11.6 Å². The van der Waals surface area contributed by atoms with Crippen molar-refractivity contribution in [1.82, 2.24) is 0 Å². The normalized spacial score (nSPS) is 11.9. The van der Waals surface area contributed by atoms with Crippen LogP contribution in [0.25, 0.3) is 0 Å². The minimum atomic E-state index is -0.603. The predicted octanol–water partition coefficient (Wildman–Crippen LogP) is 5.23. The maximum atomic E-state index is 12.5. The summed E-state index contributed by atoms with van der Waals surface area (Å²) in [6.07, 6.45) is 0.261. The third-order valence-electron chi connectivity index (χ3n) is 4.08. The van der Waals surface area contributed by atoms with Gasteiger partial charge in [0.15, 0.2) is 6.10 Å². The third-order valence-corrected chi connectivity index (χ3v) is 4.68. The zero-order valence-corrected chi connectivity index (χ0v) is 15.6. The zero-order valence-electron chi connectivity index (χ0n) is 14.9. The van der Waals surface area contributed by atoms with Gasteiger partial charge in [0, 0.05) is 10.7 Å². The lowest BCUT2D eigenvalue weighted by atomic mass is 10.1. The number of amides is 1. The fourth-order valence-corrected chi connectivity index (χ4v) is 2.77. The Kier molecular flexibility index (Phi) is 5.89. The van der Waals surface area contributed by atoms with E-state index in [1.165, 1.54) is 0 Å². The van der Waals surface area contributed by atoms with Crippen LogP contribution in [0.1, 0.15) is 36.1 Å². The molecule has 0 aliphatic heterocycles. The highest BCUT2D eigenvalue weighted by atomic mass is 35.5. The number of ether oxygens (including phenoxy) is 1. The molecule has 0 aliphatic rings. The summed E-state index contributed by atoms with van der Waals surface area (Å²) in [5, 5.41) is 3.73. The number of hydrogen-bond acceptors (Lipinski definition) is 2. The van der Waals surface area contributed by atoms with E-state index in [4.69, 9.17) is 16.3 Å². The van der Waals surface area contributed by atoms with Gasteiger partial charge in [-0.15, -0.1) is 0 Å². The summed E-state index contributed by atoms with van der Waals surface area (Å²) in [5.41, 5.74) is 4.92. The number of aryl methyl sites for hydroxylation is 4. The summed E-state index contributed by atoms with van der Waals surface area (Å²) in [5.74, 6) is 0.488. The number of benzene rings is 2. The Morgan fingerprint density at radius 1 is 1.17 bits per heavy atom. The molecule has 0 bridgehead atoms. The summed E-state index contributed by atoms with van der Waals surface area (Å²) in [6.45, 7) is 9.66. The molecule has 0 aliphatic carbocycles. The summed E-state index contributed by atoms with van der Waals surface area (Å²) in [6, 6.07) is 9.73. The first-order valence-corrected chi connectivity index (χ1v) is 8.54. The lowest BCUT2D eigenvalue weighted by molar-refractivity contribution is -0.122. The monoisotopic (exact) mass is 345 g/mol. The molecule has 2 rings (SSSR count). The number of carbonyl (C=O) groups excluding carboxylic acids is 1. The van der Waals surface area contributed by atoms with Gasteiger partial charge in [-0.3, -0.25) is 4.79 Å². The molecule has 2 aromatic carbocycles. The highest BCUT2D eigenvalue weighted by Crippen LogP contribution is 2.27. The summed E-state index contributed by atoms with van der Waals surface area (Å²) in [4.78, 5) is 12.5. The van der Waals surface area contributed by atoms with Gasteiger partial charge in [-0.25, -0.2) is 0 Å². The number of para-hydroxylation sites is 1. The third kappa shape index (κ3) is 4.09. The SMILES string of the molecule is CCc1cccc(C)c1NC(=O)[C@@H](C)Oc1cc(C)c(Cl)c(C)c1. The van der Waals surface area contributed by atoms with Crippen molar-refractivity contribution in [1.29, 1.82) is 0 Å². The molecule has 0 fully saturated rings. The molecule has 0 aromatic heterocycles. The van der Waals surface area contributed by atoms with Crippen LogP contribution in [0.5, 0.6) is 5.75 Å². The topological polar surface area (TPSA) is 38.3 Å². The molecule has 1 amide bonds. The molecule has 0 spiro atoms. The van der Waals surface area contributed by atoms with Gasteiger partial charge in [-0.2, -0.15) is 0 Å². The Balaban J connectivity index is 2.14. The van der Waals surface area contributed by atoms with Gasteiger partial charge in [0.25, 0.3) is 5.91 Å². The molecule has 1 atom stereocenters. The van der Waals surface area contributed by atoms with Crippen molar-refractivity contribution in [2.45, 2.75) is 47.1 Å². The average molecular weight is 346 g/mol. The first kappa shape index (κ1) is 18.3. The van der Waals surface area contributed by atoms with Gasteiger partial charge in [0.1, 0.15) is 5.75 Å². The Morgan fingerprint density at radius 3 is 2.38 bits per heavy atom. The Morgan fingerprint density at radius 2 is 1.79 bits per heavy atom. The molecule has 0 heterocycles. The molecule has 4 heteroatoms. The Bertz CT molecular complexity index is 732. The maximum absolute atomic E-state index is 12.5. The van der Waals surface area contributed by atoms with E-state index < -0.39 is 6.10 Å². The van der Waals surface area contributed by atoms with Crippen LogP contribution in [-0.4, -0.2) is 12.0 Å². The predicted molar refractivity (Wildman–Crippen MR) is 100 cm³/mol. The quantitative estimate of drug-likeness (QED) is 0.805. The lowest BCUT2D eigenvalue weighted by Gasteiger charge is -2.18. The zero-order chi connectivity index (χ0) is 17.9. The van der Waals surface area contributed by atoms with Crippen LogP contribution in [0, 0.1) is 20.8 Å². The van der Waals surface area contributed by atoms with Crippen molar-refractivity contribution in [3.63, 3.8) is 0 Å². The molecular weight excluding hydrogens is 322 g/mol. The number of anilines is 1. The van der Waals surface area contributed by atoms with Gasteiger partial charge >= 0.3 is 0 Å². The summed E-state index contributed by atoms with van der Waals surface area (Å²) < 4.78 is 5.81. The van der Waals surface area contributed by atoms with Crippen molar-refractivity contribution >= 4 is 23.2 Å². The van der Waals surface area contributed by atoms with E-state index in [9.17, 15) is 4.79 Å². The Hall–Kier alpha value is -2.00. The average Bonchev–Trinajstić information content (AvgIpc) is 2.54. The van der Waals surface area contributed by atoms with E-state index in [-0.39, 0.29) is 5.91 Å². The molecule has 0 saturated carbocycles. The fourth-order valence-electron chi connectivity index (χ4n) is 2.66. The second kappa shape index (κ2) is 7.71. The molecule has 1 N–H and O–H groups in total. The molecular formula is C20H24ClNO2. The van der Waals surface area contributed by atoms with E-state index in [0.29, 0.717) is 5.75 Å². The highest BCUT2D eigenvalue weighted by Gasteiger charge is 2.18. The van der Waals surface area contributed by atoms with Crippen LogP contribution in [0.2, 0.25) is 5.02 Å².